The van der Waals surface area contributed by atoms with Crippen LogP contribution >= 0.6 is 11.8 Å². The van der Waals surface area contributed by atoms with Gasteiger partial charge in [0.25, 0.3) is 0 Å². The minimum atomic E-state index is -0.785. The van der Waals surface area contributed by atoms with Gasteiger partial charge in [0.2, 0.25) is 0 Å². The van der Waals surface area contributed by atoms with E-state index in [0.717, 1.165) is 6.54 Å². The summed E-state index contributed by atoms with van der Waals surface area (Å²) >= 11 is 1.98. The standard InChI is InChI=1S/C11H19NO2S/c1-3-9(11(13)14)4-6-12(2)10-5-7-15-8-10/h4,10H,3,5-8H2,1-2H3,(H,13,14). The molecule has 0 aromatic heterocycles. The monoisotopic (exact) mass is 229 g/mol. The van der Waals surface area contributed by atoms with Gasteiger partial charge in [0, 0.05) is 23.9 Å². The summed E-state index contributed by atoms with van der Waals surface area (Å²) in [6, 6.07) is 0.623. The van der Waals surface area contributed by atoms with Crippen molar-refractivity contribution in [3.63, 3.8) is 0 Å². The SMILES string of the molecule is CCC(=CCN(C)C1CCSC1)C(=O)O. The van der Waals surface area contributed by atoms with E-state index < -0.39 is 5.97 Å². The molecule has 1 unspecified atom stereocenters. The number of carboxylic acids is 1. The fourth-order valence-corrected chi connectivity index (χ4v) is 2.95. The Labute approximate surface area is 95.5 Å². The molecule has 0 radical (unpaired) electrons. The largest absolute Gasteiger partial charge is 0.478 e. The van der Waals surface area contributed by atoms with Crippen molar-refractivity contribution in [1.82, 2.24) is 4.90 Å². The quantitative estimate of drug-likeness (QED) is 0.730. The molecule has 0 bridgehead atoms. The van der Waals surface area contributed by atoms with Crippen LogP contribution in [0.15, 0.2) is 11.6 Å². The van der Waals surface area contributed by atoms with Crippen LogP contribution in [0.25, 0.3) is 0 Å². The summed E-state index contributed by atoms with van der Waals surface area (Å²) in [7, 11) is 2.07. The maximum absolute atomic E-state index is 10.8. The van der Waals surface area contributed by atoms with Gasteiger partial charge in [-0.15, -0.1) is 0 Å². The Hall–Kier alpha value is -0.480. The Kier molecular flexibility index (Phi) is 5.19. The lowest BCUT2D eigenvalue weighted by Gasteiger charge is -2.21. The van der Waals surface area contributed by atoms with E-state index in [0.29, 0.717) is 18.0 Å². The maximum atomic E-state index is 10.8. The number of carbonyl (C=O) groups is 1. The number of thioether (sulfide) groups is 1. The molecular formula is C11H19NO2S. The molecule has 1 saturated heterocycles. The second-order valence-electron chi connectivity index (χ2n) is 3.85. The van der Waals surface area contributed by atoms with Crippen molar-refractivity contribution in [2.45, 2.75) is 25.8 Å². The zero-order valence-corrected chi connectivity index (χ0v) is 10.2. The van der Waals surface area contributed by atoms with Gasteiger partial charge < -0.3 is 5.11 Å². The second kappa shape index (κ2) is 6.18. The third-order valence-corrected chi connectivity index (χ3v) is 3.96. The van der Waals surface area contributed by atoms with Crippen LogP contribution in [0.1, 0.15) is 19.8 Å². The molecule has 1 fully saturated rings. The van der Waals surface area contributed by atoms with Crippen molar-refractivity contribution in [1.29, 1.82) is 0 Å². The van der Waals surface area contributed by atoms with Crippen LogP contribution in [0.4, 0.5) is 0 Å². The first-order chi connectivity index (χ1) is 7.15. The third-order valence-electron chi connectivity index (χ3n) is 2.81. The molecule has 0 aliphatic carbocycles. The lowest BCUT2D eigenvalue weighted by molar-refractivity contribution is -0.132. The van der Waals surface area contributed by atoms with Gasteiger partial charge in [-0.3, -0.25) is 4.90 Å². The van der Waals surface area contributed by atoms with Crippen molar-refractivity contribution in [2.75, 3.05) is 25.1 Å². The molecule has 0 aromatic rings. The second-order valence-corrected chi connectivity index (χ2v) is 4.99. The number of rotatable bonds is 5. The van der Waals surface area contributed by atoms with Gasteiger partial charge in [-0.1, -0.05) is 13.0 Å². The minimum Gasteiger partial charge on any atom is -0.478 e. The Balaban J connectivity index is 2.42. The zero-order chi connectivity index (χ0) is 11.3. The summed E-state index contributed by atoms with van der Waals surface area (Å²) in [4.78, 5) is 13.0. The number of hydrogen-bond acceptors (Lipinski definition) is 3. The van der Waals surface area contributed by atoms with Crippen molar-refractivity contribution in [3.8, 4) is 0 Å². The molecule has 4 heteroatoms. The molecule has 0 saturated carbocycles. The fourth-order valence-electron chi connectivity index (χ4n) is 1.66. The highest BCUT2D eigenvalue weighted by molar-refractivity contribution is 7.99. The first-order valence-corrected chi connectivity index (χ1v) is 6.51. The Bertz CT molecular complexity index is 247. The lowest BCUT2D eigenvalue weighted by Crippen LogP contribution is -2.31. The van der Waals surface area contributed by atoms with Crippen molar-refractivity contribution in [2.24, 2.45) is 0 Å². The van der Waals surface area contributed by atoms with Crippen LogP contribution in [-0.2, 0) is 4.79 Å². The van der Waals surface area contributed by atoms with E-state index in [2.05, 4.69) is 11.9 Å². The van der Waals surface area contributed by atoms with Gasteiger partial charge in [0.1, 0.15) is 0 Å². The first-order valence-electron chi connectivity index (χ1n) is 5.35. The van der Waals surface area contributed by atoms with E-state index >= 15 is 0 Å². The number of aliphatic carboxylic acids is 1. The molecule has 3 nitrogen and oxygen atoms in total. The van der Waals surface area contributed by atoms with E-state index in [-0.39, 0.29) is 0 Å². The first kappa shape index (κ1) is 12.6. The molecule has 0 spiro atoms. The van der Waals surface area contributed by atoms with Gasteiger partial charge in [-0.05, 0) is 25.6 Å². The number of likely N-dealkylation sites (N-methyl/N-ethyl adjacent to an activating group) is 1. The van der Waals surface area contributed by atoms with Crippen LogP contribution < -0.4 is 0 Å². The highest BCUT2D eigenvalue weighted by atomic mass is 32.2. The summed E-state index contributed by atoms with van der Waals surface area (Å²) in [5.41, 5.74) is 0.521. The Morgan fingerprint density at radius 3 is 2.87 bits per heavy atom. The summed E-state index contributed by atoms with van der Waals surface area (Å²) < 4.78 is 0. The summed E-state index contributed by atoms with van der Waals surface area (Å²) in [5.74, 6) is 1.63. The molecule has 1 heterocycles. The van der Waals surface area contributed by atoms with E-state index in [1.807, 2.05) is 24.8 Å². The number of nitrogens with zero attached hydrogens (tertiary/aromatic N) is 1. The third kappa shape index (κ3) is 3.87. The highest BCUT2D eigenvalue weighted by Gasteiger charge is 2.19. The van der Waals surface area contributed by atoms with Gasteiger partial charge in [-0.2, -0.15) is 11.8 Å². The fraction of sp³-hybridized carbons (Fsp3) is 0.727. The van der Waals surface area contributed by atoms with Crippen LogP contribution in [-0.4, -0.2) is 47.1 Å². The van der Waals surface area contributed by atoms with Crippen LogP contribution in [0.2, 0.25) is 0 Å². The molecular weight excluding hydrogens is 210 g/mol. The summed E-state index contributed by atoms with van der Waals surface area (Å²) in [5, 5.41) is 8.86. The Morgan fingerprint density at radius 2 is 2.40 bits per heavy atom. The van der Waals surface area contributed by atoms with Gasteiger partial charge in [0.05, 0.1) is 0 Å². The Morgan fingerprint density at radius 1 is 1.67 bits per heavy atom. The predicted molar refractivity (Wildman–Crippen MR) is 64.4 cm³/mol. The highest BCUT2D eigenvalue weighted by Crippen LogP contribution is 2.21. The molecule has 1 atom stereocenters. The smallest absolute Gasteiger partial charge is 0.331 e. The summed E-state index contributed by atoms with van der Waals surface area (Å²) in [6.45, 7) is 2.63. The van der Waals surface area contributed by atoms with E-state index in [1.165, 1.54) is 17.9 Å². The molecule has 1 N–H and O–H groups in total. The average Bonchev–Trinajstić information content (AvgIpc) is 2.70. The van der Waals surface area contributed by atoms with Crippen molar-refractivity contribution < 1.29 is 9.90 Å². The van der Waals surface area contributed by atoms with E-state index in [1.54, 1.807) is 0 Å². The predicted octanol–water partition coefficient (Wildman–Crippen LogP) is 1.84. The van der Waals surface area contributed by atoms with E-state index in [9.17, 15) is 4.79 Å². The van der Waals surface area contributed by atoms with Crippen molar-refractivity contribution >= 4 is 17.7 Å². The van der Waals surface area contributed by atoms with Crippen LogP contribution in [0, 0.1) is 0 Å². The van der Waals surface area contributed by atoms with Gasteiger partial charge in [-0.25, -0.2) is 4.79 Å². The molecule has 1 aliphatic heterocycles. The van der Waals surface area contributed by atoms with E-state index in [4.69, 9.17) is 5.11 Å². The maximum Gasteiger partial charge on any atom is 0.331 e. The molecule has 0 amide bonds. The number of hydrogen-bond donors (Lipinski definition) is 1. The molecule has 0 aromatic carbocycles. The molecule has 86 valence electrons. The molecule has 15 heavy (non-hydrogen) atoms. The van der Waals surface area contributed by atoms with Gasteiger partial charge >= 0.3 is 5.97 Å². The number of carboxylic acid groups (broad SMARTS) is 1. The van der Waals surface area contributed by atoms with Crippen LogP contribution in [0.3, 0.4) is 0 Å². The molecule has 1 aliphatic rings. The average molecular weight is 229 g/mol. The summed E-state index contributed by atoms with van der Waals surface area (Å²) in [6.07, 6.45) is 3.66. The van der Waals surface area contributed by atoms with Gasteiger partial charge in [0.15, 0.2) is 0 Å². The zero-order valence-electron chi connectivity index (χ0n) is 9.40. The molecule has 1 rings (SSSR count). The normalized spacial score (nSPS) is 22.3. The topological polar surface area (TPSA) is 40.5 Å². The minimum absolute atomic E-state index is 0.521. The lowest BCUT2D eigenvalue weighted by atomic mass is 10.2. The van der Waals surface area contributed by atoms with Crippen LogP contribution in [0.5, 0.6) is 0 Å². The van der Waals surface area contributed by atoms with Crippen molar-refractivity contribution in [3.05, 3.63) is 11.6 Å².